The van der Waals surface area contributed by atoms with Crippen molar-refractivity contribution in [3.05, 3.63) is 62.4 Å². The van der Waals surface area contributed by atoms with Gasteiger partial charge in [-0.3, -0.25) is 14.8 Å². The second-order valence-electron chi connectivity index (χ2n) is 4.45. The van der Waals surface area contributed by atoms with Gasteiger partial charge in [-0.1, -0.05) is 27.5 Å². The van der Waals surface area contributed by atoms with Gasteiger partial charge < -0.3 is 5.32 Å². The van der Waals surface area contributed by atoms with E-state index in [1.165, 1.54) is 0 Å². The van der Waals surface area contributed by atoms with Gasteiger partial charge in [-0.05, 0) is 40.2 Å². The lowest BCUT2D eigenvalue weighted by atomic mass is 10.1. The molecule has 0 saturated heterocycles. The number of rotatable bonds is 2. The average Bonchev–Trinajstić information content (AvgIpc) is 2.48. The van der Waals surface area contributed by atoms with Crippen LogP contribution in [0.15, 0.2) is 51.8 Å². The maximum Gasteiger partial charge on any atom is 0.256 e. The van der Waals surface area contributed by atoms with Crippen LogP contribution in [0.5, 0.6) is 0 Å². The summed E-state index contributed by atoms with van der Waals surface area (Å²) in [5, 5.41) is 4.16. The fraction of sp³-hybridized carbons (Fsp3) is 0. The van der Waals surface area contributed by atoms with Gasteiger partial charge in [-0.2, -0.15) is 0 Å². The maximum absolute atomic E-state index is 12.4. The number of hydrogen-bond donors (Lipinski definition) is 1. The van der Waals surface area contributed by atoms with E-state index >= 15 is 0 Å². The Bertz CT molecular complexity index is 886. The number of halogens is 3. The Balaban J connectivity index is 2.05. The Kier molecular flexibility index (Phi) is 4.42. The third-order valence-electron chi connectivity index (χ3n) is 3.03. The molecule has 0 fully saturated rings. The number of benzene rings is 1. The summed E-state index contributed by atoms with van der Waals surface area (Å²) in [6.07, 6.45) is 4.75. The molecule has 4 nitrogen and oxygen atoms in total. The molecular formula is C15H8Br2ClN3O. The second-order valence-corrected chi connectivity index (χ2v) is 6.63. The predicted octanol–water partition coefficient (Wildman–Crippen LogP) is 5.06. The lowest BCUT2D eigenvalue weighted by Crippen LogP contribution is -2.13. The highest BCUT2D eigenvalue weighted by atomic mass is 79.9. The monoisotopic (exact) mass is 439 g/mol. The Morgan fingerprint density at radius 2 is 2.00 bits per heavy atom. The van der Waals surface area contributed by atoms with Crippen molar-refractivity contribution in [3.63, 3.8) is 0 Å². The molecule has 0 unspecified atom stereocenters. The van der Waals surface area contributed by atoms with Gasteiger partial charge in [0, 0.05) is 32.9 Å². The van der Waals surface area contributed by atoms with Crippen molar-refractivity contribution >= 4 is 66.0 Å². The van der Waals surface area contributed by atoms with Gasteiger partial charge in [0.15, 0.2) is 0 Å². The number of aromatic nitrogens is 2. The van der Waals surface area contributed by atoms with Crippen molar-refractivity contribution in [2.75, 3.05) is 5.32 Å². The van der Waals surface area contributed by atoms with Gasteiger partial charge >= 0.3 is 0 Å². The van der Waals surface area contributed by atoms with Gasteiger partial charge in [-0.15, -0.1) is 0 Å². The first-order chi connectivity index (χ1) is 10.6. The third-order valence-corrected chi connectivity index (χ3v) is 4.41. The minimum atomic E-state index is -0.238. The van der Waals surface area contributed by atoms with Gasteiger partial charge in [0.05, 0.1) is 21.8 Å². The Morgan fingerprint density at radius 3 is 2.77 bits per heavy atom. The van der Waals surface area contributed by atoms with Crippen LogP contribution in [0.2, 0.25) is 5.02 Å². The molecule has 0 spiro atoms. The molecule has 0 bridgehead atoms. The quantitative estimate of drug-likeness (QED) is 0.605. The van der Waals surface area contributed by atoms with E-state index in [1.54, 1.807) is 36.8 Å². The van der Waals surface area contributed by atoms with E-state index in [-0.39, 0.29) is 5.91 Å². The molecule has 1 N–H and O–H groups in total. The van der Waals surface area contributed by atoms with E-state index in [1.807, 2.05) is 6.07 Å². The van der Waals surface area contributed by atoms with Crippen LogP contribution in [0.4, 0.5) is 5.69 Å². The molecule has 2 aromatic heterocycles. The zero-order valence-corrected chi connectivity index (χ0v) is 14.9. The SMILES string of the molecule is O=C(Nc1ccnc2c(Cl)cc(Br)cc12)c1ccncc1Br. The Morgan fingerprint density at radius 1 is 1.18 bits per heavy atom. The van der Waals surface area contributed by atoms with Gasteiger partial charge in [0.25, 0.3) is 5.91 Å². The second kappa shape index (κ2) is 6.32. The van der Waals surface area contributed by atoms with Crippen molar-refractivity contribution in [2.45, 2.75) is 0 Å². The molecule has 0 saturated carbocycles. The van der Waals surface area contributed by atoms with E-state index < -0.39 is 0 Å². The van der Waals surface area contributed by atoms with E-state index in [2.05, 4.69) is 47.1 Å². The highest BCUT2D eigenvalue weighted by molar-refractivity contribution is 9.10. The van der Waals surface area contributed by atoms with E-state index in [0.29, 0.717) is 26.3 Å². The summed E-state index contributed by atoms with van der Waals surface area (Å²) in [5.41, 5.74) is 1.78. The smallest absolute Gasteiger partial charge is 0.256 e. The number of pyridine rings is 2. The number of amides is 1. The van der Waals surface area contributed by atoms with Crippen LogP contribution >= 0.6 is 43.5 Å². The standard InChI is InChI=1S/C15H8Br2ClN3O/c16-8-5-10-13(2-4-20-14(10)12(18)6-8)21-15(22)9-1-3-19-7-11(9)17/h1-7H,(H,20,21,22). The average molecular weight is 442 g/mol. The normalized spacial score (nSPS) is 10.7. The number of fused-ring (bicyclic) bond motifs is 1. The first-order valence-electron chi connectivity index (χ1n) is 6.21. The zero-order valence-electron chi connectivity index (χ0n) is 11.0. The summed E-state index contributed by atoms with van der Waals surface area (Å²) < 4.78 is 1.45. The predicted molar refractivity (Wildman–Crippen MR) is 94.3 cm³/mol. The zero-order chi connectivity index (χ0) is 15.7. The summed E-state index contributed by atoms with van der Waals surface area (Å²) in [4.78, 5) is 20.6. The summed E-state index contributed by atoms with van der Waals surface area (Å²) in [5.74, 6) is -0.238. The molecule has 2 heterocycles. The van der Waals surface area contributed by atoms with E-state index in [0.717, 1.165) is 9.86 Å². The van der Waals surface area contributed by atoms with Gasteiger partial charge in [0.1, 0.15) is 0 Å². The van der Waals surface area contributed by atoms with Crippen LogP contribution in [0.25, 0.3) is 10.9 Å². The fourth-order valence-corrected chi connectivity index (χ4v) is 3.32. The number of nitrogens with one attached hydrogen (secondary N) is 1. The molecular weight excluding hydrogens is 433 g/mol. The summed E-state index contributed by atoms with van der Waals surface area (Å²) in [6, 6.07) is 7.01. The molecule has 0 radical (unpaired) electrons. The Labute approximate surface area is 148 Å². The molecule has 7 heteroatoms. The van der Waals surface area contributed by atoms with E-state index in [9.17, 15) is 4.79 Å². The number of carbonyl (C=O) groups excluding carboxylic acids is 1. The minimum Gasteiger partial charge on any atom is -0.321 e. The van der Waals surface area contributed by atoms with Crippen LogP contribution < -0.4 is 5.32 Å². The molecule has 3 aromatic rings. The number of anilines is 1. The van der Waals surface area contributed by atoms with Crippen LogP contribution in [0.1, 0.15) is 10.4 Å². The molecule has 0 aliphatic heterocycles. The van der Waals surface area contributed by atoms with Crippen LogP contribution in [-0.4, -0.2) is 15.9 Å². The van der Waals surface area contributed by atoms with Crippen molar-refractivity contribution in [2.24, 2.45) is 0 Å². The molecule has 1 amide bonds. The third kappa shape index (κ3) is 2.99. The molecule has 110 valence electrons. The van der Waals surface area contributed by atoms with Gasteiger partial charge in [0.2, 0.25) is 0 Å². The molecule has 22 heavy (non-hydrogen) atoms. The van der Waals surface area contributed by atoms with Crippen LogP contribution in [0, 0.1) is 0 Å². The topological polar surface area (TPSA) is 54.9 Å². The summed E-state index contributed by atoms with van der Waals surface area (Å²) >= 11 is 12.9. The lowest BCUT2D eigenvalue weighted by molar-refractivity contribution is 0.102. The molecule has 3 rings (SSSR count). The Hall–Kier alpha value is -1.50. The molecule has 0 aliphatic carbocycles. The number of carbonyl (C=O) groups is 1. The maximum atomic E-state index is 12.4. The van der Waals surface area contributed by atoms with Crippen molar-refractivity contribution in [3.8, 4) is 0 Å². The first kappa shape index (κ1) is 15.4. The minimum absolute atomic E-state index is 0.238. The fourth-order valence-electron chi connectivity index (χ4n) is 2.04. The summed E-state index contributed by atoms with van der Waals surface area (Å²) in [7, 11) is 0. The lowest BCUT2D eigenvalue weighted by Gasteiger charge is -2.10. The largest absolute Gasteiger partial charge is 0.321 e. The number of nitrogens with zero attached hydrogens (tertiary/aromatic N) is 2. The highest BCUT2D eigenvalue weighted by Crippen LogP contribution is 2.31. The van der Waals surface area contributed by atoms with Crippen molar-refractivity contribution in [1.82, 2.24) is 9.97 Å². The molecule has 0 atom stereocenters. The highest BCUT2D eigenvalue weighted by Gasteiger charge is 2.13. The summed E-state index contributed by atoms with van der Waals surface area (Å²) in [6.45, 7) is 0. The van der Waals surface area contributed by atoms with Crippen LogP contribution in [-0.2, 0) is 0 Å². The van der Waals surface area contributed by atoms with Crippen molar-refractivity contribution in [1.29, 1.82) is 0 Å². The number of hydrogen-bond acceptors (Lipinski definition) is 3. The first-order valence-corrected chi connectivity index (χ1v) is 8.17. The van der Waals surface area contributed by atoms with E-state index in [4.69, 9.17) is 11.6 Å². The van der Waals surface area contributed by atoms with Crippen LogP contribution in [0.3, 0.4) is 0 Å². The molecule has 0 aliphatic rings. The van der Waals surface area contributed by atoms with Crippen molar-refractivity contribution < 1.29 is 4.79 Å². The van der Waals surface area contributed by atoms with Gasteiger partial charge in [-0.25, -0.2) is 0 Å². The molecule has 1 aromatic carbocycles.